The summed E-state index contributed by atoms with van der Waals surface area (Å²) in [4.78, 5) is 17.9. The Bertz CT molecular complexity index is 489. The molecule has 4 heteroatoms. The smallest absolute Gasteiger partial charge is 0.311 e. The molecule has 5 atom stereocenters. The van der Waals surface area contributed by atoms with Gasteiger partial charge in [0.2, 0.25) is 0 Å². The molecule has 2 aliphatic heterocycles. The average molecular weight is 261 g/mol. The number of carbonyl (C=O) groups excluding carboxylic acids is 1. The third-order valence-electron chi connectivity index (χ3n) is 4.34. The van der Waals surface area contributed by atoms with Crippen LogP contribution in [-0.2, 0) is 19.9 Å². The highest BCUT2D eigenvalue weighted by molar-refractivity contribution is 5.76. The molecule has 2 aliphatic rings. The van der Waals surface area contributed by atoms with Crippen LogP contribution in [0, 0.1) is 11.8 Å². The minimum atomic E-state index is -0.433. The van der Waals surface area contributed by atoms with E-state index in [1.807, 2.05) is 42.3 Å². The van der Waals surface area contributed by atoms with Crippen molar-refractivity contribution in [3.05, 3.63) is 35.9 Å². The molecule has 1 aromatic carbocycles. The van der Waals surface area contributed by atoms with Crippen LogP contribution < -0.4 is 0 Å². The maximum Gasteiger partial charge on any atom is 0.311 e. The third-order valence-corrected chi connectivity index (χ3v) is 4.34. The van der Waals surface area contributed by atoms with Gasteiger partial charge in [0.05, 0.1) is 18.1 Å². The standard InChI is InChI=1S/C15H19NO3/c1-4-18-14(17)12-10(2)13-16(19-13)15(12,3)11-8-6-5-7-9-11/h5-10,12-13H,4H2,1-3H3/t10-,12+,13-,15-,16?/m0/s1. The van der Waals surface area contributed by atoms with E-state index in [9.17, 15) is 4.79 Å². The van der Waals surface area contributed by atoms with Crippen molar-refractivity contribution in [1.82, 2.24) is 5.06 Å². The van der Waals surface area contributed by atoms with Gasteiger partial charge in [-0.1, -0.05) is 37.3 Å². The van der Waals surface area contributed by atoms with Crippen molar-refractivity contribution in [2.75, 3.05) is 6.61 Å². The summed E-state index contributed by atoms with van der Waals surface area (Å²) in [5.41, 5.74) is 0.664. The zero-order valence-electron chi connectivity index (χ0n) is 11.5. The Kier molecular flexibility index (Phi) is 2.87. The number of carbonyl (C=O) groups is 1. The topological polar surface area (TPSA) is 41.8 Å². The first kappa shape index (κ1) is 12.6. The Morgan fingerprint density at radius 3 is 2.74 bits per heavy atom. The second kappa shape index (κ2) is 4.32. The maximum absolute atomic E-state index is 12.3. The predicted molar refractivity (Wildman–Crippen MR) is 69.8 cm³/mol. The fourth-order valence-electron chi connectivity index (χ4n) is 3.34. The summed E-state index contributed by atoms with van der Waals surface area (Å²) in [6, 6.07) is 10.0. The fourth-order valence-corrected chi connectivity index (χ4v) is 3.34. The Labute approximate surface area is 113 Å². The Morgan fingerprint density at radius 1 is 1.42 bits per heavy atom. The number of rotatable bonds is 3. The number of benzene rings is 1. The molecule has 1 unspecified atom stereocenters. The molecule has 2 saturated heterocycles. The van der Waals surface area contributed by atoms with Gasteiger partial charge in [0.1, 0.15) is 0 Å². The lowest BCUT2D eigenvalue weighted by molar-refractivity contribution is -0.156. The summed E-state index contributed by atoms with van der Waals surface area (Å²) in [6.07, 6.45) is 0.0413. The van der Waals surface area contributed by atoms with Gasteiger partial charge in [-0.15, -0.1) is 5.06 Å². The predicted octanol–water partition coefficient (Wildman–Crippen LogP) is 2.30. The number of ether oxygens (including phenoxy) is 1. The lowest BCUT2D eigenvalue weighted by atomic mass is 9.76. The van der Waals surface area contributed by atoms with Crippen molar-refractivity contribution in [2.24, 2.45) is 11.8 Å². The molecule has 0 amide bonds. The molecule has 1 aromatic rings. The molecule has 0 saturated carbocycles. The fraction of sp³-hybridized carbons (Fsp3) is 0.533. The van der Waals surface area contributed by atoms with Crippen molar-refractivity contribution in [1.29, 1.82) is 0 Å². The second-order valence-electron chi connectivity index (χ2n) is 5.42. The molecule has 19 heavy (non-hydrogen) atoms. The average Bonchev–Trinajstić information content (AvgIpc) is 3.16. The molecule has 0 N–H and O–H groups in total. The summed E-state index contributed by atoms with van der Waals surface area (Å²) in [7, 11) is 0. The van der Waals surface area contributed by atoms with E-state index in [1.165, 1.54) is 0 Å². The quantitative estimate of drug-likeness (QED) is 0.618. The molecule has 2 heterocycles. The van der Waals surface area contributed by atoms with Crippen LogP contribution in [0.4, 0.5) is 0 Å². The van der Waals surface area contributed by atoms with Crippen LogP contribution >= 0.6 is 0 Å². The van der Waals surface area contributed by atoms with Gasteiger partial charge in [0.15, 0.2) is 6.23 Å². The monoisotopic (exact) mass is 261 g/mol. The van der Waals surface area contributed by atoms with E-state index < -0.39 is 5.54 Å². The van der Waals surface area contributed by atoms with Gasteiger partial charge in [0, 0.05) is 5.92 Å². The van der Waals surface area contributed by atoms with E-state index in [0.717, 1.165) is 5.56 Å². The molecule has 0 bridgehead atoms. The van der Waals surface area contributed by atoms with Gasteiger partial charge in [-0.2, -0.15) is 0 Å². The van der Waals surface area contributed by atoms with Crippen molar-refractivity contribution < 1.29 is 14.4 Å². The second-order valence-corrected chi connectivity index (χ2v) is 5.42. The van der Waals surface area contributed by atoms with Gasteiger partial charge in [-0.05, 0) is 19.4 Å². The number of hydrogen-bond donors (Lipinski definition) is 0. The molecule has 0 aromatic heterocycles. The number of hydrogen-bond acceptors (Lipinski definition) is 4. The number of hydroxylamine groups is 2. The molecule has 0 spiro atoms. The summed E-state index contributed by atoms with van der Waals surface area (Å²) in [5.74, 6) is -0.171. The lowest BCUT2D eigenvalue weighted by Gasteiger charge is -2.33. The number of esters is 1. The summed E-state index contributed by atoms with van der Waals surface area (Å²) < 4.78 is 5.26. The first-order valence-electron chi connectivity index (χ1n) is 6.79. The van der Waals surface area contributed by atoms with E-state index in [0.29, 0.717) is 6.61 Å². The normalized spacial score (nSPS) is 39.7. The van der Waals surface area contributed by atoms with Crippen LogP contribution in [0.2, 0.25) is 0 Å². The van der Waals surface area contributed by atoms with E-state index >= 15 is 0 Å². The summed E-state index contributed by atoms with van der Waals surface area (Å²) >= 11 is 0. The Morgan fingerprint density at radius 2 is 2.11 bits per heavy atom. The van der Waals surface area contributed by atoms with Crippen molar-refractivity contribution >= 4 is 5.97 Å². The molecule has 4 nitrogen and oxygen atoms in total. The van der Waals surface area contributed by atoms with Gasteiger partial charge >= 0.3 is 5.97 Å². The molecule has 0 aliphatic carbocycles. The van der Waals surface area contributed by atoms with Crippen LogP contribution in [0.15, 0.2) is 30.3 Å². The van der Waals surface area contributed by atoms with Crippen LogP contribution in [-0.4, -0.2) is 23.9 Å². The molecule has 3 rings (SSSR count). The van der Waals surface area contributed by atoms with Gasteiger partial charge in [-0.25, -0.2) is 0 Å². The van der Waals surface area contributed by atoms with E-state index in [1.54, 1.807) is 0 Å². The van der Waals surface area contributed by atoms with Crippen LogP contribution in [0.25, 0.3) is 0 Å². The largest absolute Gasteiger partial charge is 0.466 e. The van der Waals surface area contributed by atoms with E-state index in [2.05, 4.69) is 13.8 Å². The van der Waals surface area contributed by atoms with Gasteiger partial charge < -0.3 is 4.74 Å². The van der Waals surface area contributed by atoms with Crippen LogP contribution in [0.1, 0.15) is 26.3 Å². The van der Waals surface area contributed by atoms with Crippen molar-refractivity contribution in [2.45, 2.75) is 32.5 Å². The zero-order chi connectivity index (χ0) is 13.6. The van der Waals surface area contributed by atoms with Gasteiger partial charge in [-0.3, -0.25) is 9.63 Å². The van der Waals surface area contributed by atoms with Gasteiger partial charge in [0.25, 0.3) is 0 Å². The minimum absolute atomic E-state index is 0.0413. The Balaban J connectivity index is 2.00. The first-order chi connectivity index (χ1) is 9.10. The summed E-state index contributed by atoms with van der Waals surface area (Å²) in [5, 5.41) is 1.94. The number of fused-ring (bicyclic) bond motifs is 1. The highest BCUT2D eigenvalue weighted by Crippen LogP contribution is 2.57. The third kappa shape index (κ3) is 1.70. The molecule has 2 fully saturated rings. The van der Waals surface area contributed by atoms with E-state index in [4.69, 9.17) is 9.57 Å². The summed E-state index contributed by atoms with van der Waals surface area (Å²) in [6.45, 7) is 6.38. The SMILES string of the molecule is CCOC(=O)[C@H]1[C@H](C)[C@@H]2ON2[C@@]1(C)c1ccccc1. The van der Waals surface area contributed by atoms with Crippen LogP contribution in [0.3, 0.4) is 0 Å². The molecular formula is C15H19NO3. The lowest BCUT2D eigenvalue weighted by Crippen LogP contribution is -2.42. The maximum atomic E-state index is 12.3. The van der Waals surface area contributed by atoms with E-state index in [-0.39, 0.29) is 24.0 Å². The first-order valence-corrected chi connectivity index (χ1v) is 6.79. The molecular weight excluding hydrogens is 242 g/mol. The van der Waals surface area contributed by atoms with Crippen molar-refractivity contribution in [3.63, 3.8) is 0 Å². The minimum Gasteiger partial charge on any atom is -0.466 e. The highest BCUT2D eigenvalue weighted by Gasteiger charge is 2.68. The number of nitrogens with zero attached hydrogens (tertiary/aromatic N) is 1. The molecule has 102 valence electrons. The van der Waals surface area contributed by atoms with Crippen molar-refractivity contribution in [3.8, 4) is 0 Å². The van der Waals surface area contributed by atoms with Crippen LogP contribution in [0.5, 0.6) is 0 Å². The molecule has 0 radical (unpaired) electrons. The highest BCUT2D eigenvalue weighted by atomic mass is 16.8. The Hall–Kier alpha value is -1.39. The zero-order valence-corrected chi connectivity index (χ0v) is 11.5.